The highest BCUT2D eigenvalue weighted by Gasteiger charge is 2.18. The molecule has 16 heavy (non-hydrogen) atoms. The Bertz CT molecular complexity index is 197. The molecule has 0 bridgehead atoms. The van der Waals surface area contributed by atoms with Crippen molar-refractivity contribution in [2.24, 2.45) is 5.73 Å². The normalized spacial score (nSPS) is 12.8. The lowest BCUT2D eigenvalue weighted by molar-refractivity contribution is -0.124. The molecule has 1 atom stereocenters. The fraction of sp³-hybridized carbons (Fsp3) is 0.900. The minimum absolute atomic E-state index is 0. The number of nitrogens with two attached hydrogens (primary N) is 1. The van der Waals surface area contributed by atoms with Crippen LogP contribution in [0.4, 0.5) is 0 Å². The molecule has 0 aromatic heterocycles. The van der Waals surface area contributed by atoms with Gasteiger partial charge in [0, 0.05) is 27.3 Å². The van der Waals surface area contributed by atoms with Gasteiger partial charge in [-0.2, -0.15) is 0 Å². The van der Waals surface area contributed by atoms with E-state index in [1.807, 2.05) is 13.8 Å². The standard InChI is InChI=1S/C10H22N2O3.ClH/c1-10(2,15-4)7-12-9(13)5-8(6-11)14-3;/h8H,5-7,11H2,1-4H3,(H,12,13);1H. The minimum Gasteiger partial charge on any atom is -0.380 e. The quantitative estimate of drug-likeness (QED) is 0.686. The summed E-state index contributed by atoms with van der Waals surface area (Å²) < 4.78 is 10.2. The molecule has 0 radical (unpaired) electrons. The van der Waals surface area contributed by atoms with Gasteiger partial charge in [-0.05, 0) is 13.8 Å². The van der Waals surface area contributed by atoms with E-state index in [2.05, 4.69) is 5.32 Å². The van der Waals surface area contributed by atoms with E-state index in [1.165, 1.54) is 0 Å². The lowest BCUT2D eigenvalue weighted by Gasteiger charge is -2.23. The van der Waals surface area contributed by atoms with Crippen LogP contribution in [0.3, 0.4) is 0 Å². The van der Waals surface area contributed by atoms with Gasteiger partial charge in [-0.3, -0.25) is 4.79 Å². The largest absolute Gasteiger partial charge is 0.380 e. The molecule has 0 aliphatic rings. The summed E-state index contributed by atoms with van der Waals surface area (Å²) in [7, 11) is 3.16. The van der Waals surface area contributed by atoms with E-state index >= 15 is 0 Å². The van der Waals surface area contributed by atoms with Crippen molar-refractivity contribution in [2.75, 3.05) is 27.3 Å². The van der Waals surface area contributed by atoms with Gasteiger partial charge in [-0.15, -0.1) is 12.4 Å². The number of rotatable bonds is 7. The number of ether oxygens (including phenoxy) is 2. The van der Waals surface area contributed by atoms with Crippen molar-refractivity contribution in [1.82, 2.24) is 5.32 Å². The third-order valence-electron chi connectivity index (χ3n) is 2.27. The van der Waals surface area contributed by atoms with Crippen molar-refractivity contribution in [3.05, 3.63) is 0 Å². The lowest BCUT2D eigenvalue weighted by Crippen LogP contribution is -2.41. The van der Waals surface area contributed by atoms with Crippen LogP contribution in [0, 0.1) is 0 Å². The second-order valence-corrected chi connectivity index (χ2v) is 4.04. The lowest BCUT2D eigenvalue weighted by atomic mass is 10.1. The Morgan fingerprint density at radius 3 is 2.38 bits per heavy atom. The molecule has 0 aromatic rings. The molecule has 1 unspecified atom stereocenters. The number of methoxy groups -OCH3 is 2. The van der Waals surface area contributed by atoms with Gasteiger partial charge in [0.15, 0.2) is 0 Å². The van der Waals surface area contributed by atoms with Crippen molar-refractivity contribution < 1.29 is 14.3 Å². The maximum atomic E-state index is 11.4. The summed E-state index contributed by atoms with van der Waals surface area (Å²) in [6.07, 6.45) is 0.0722. The minimum atomic E-state index is -0.346. The molecule has 0 saturated heterocycles. The van der Waals surface area contributed by atoms with Gasteiger partial charge in [-0.25, -0.2) is 0 Å². The first-order valence-electron chi connectivity index (χ1n) is 5.00. The van der Waals surface area contributed by atoms with Gasteiger partial charge in [-0.1, -0.05) is 0 Å². The topological polar surface area (TPSA) is 73.6 Å². The van der Waals surface area contributed by atoms with Gasteiger partial charge in [0.25, 0.3) is 0 Å². The van der Waals surface area contributed by atoms with Gasteiger partial charge in [0.2, 0.25) is 5.91 Å². The summed E-state index contributed by atoms with van der Waals surface area (Å²) in [5, 5.41) is 2.77. The second-order valence-electron chi connectivity index (χ2n) is 4.04. The zero-order chi connectivity index (χ0) is 11.9. The van der Waals surface area contributed by atoms with Crippen LogP contribution in [0.5, 0.6) is 0 Å². The molecule has 5 nitrogen and oxygen atoms in total. The smallest absolute Gasteiger partial charge is 0.222 e. The number of amides is 1. The van der Waals surface area contributed by atoms with Crippen molar-refractivity contribution in [3.63, 3.8) is 0 Å². The summed E-state index contributed by atoms with van der Waals surface area (Å²) in [6.45, 7) is 4.63. The average molecular weight is 255 g/mol. The number of nitrogens with one attached hydrogen (secondary N) is 1. The third-order valence-corrected chi connectivity index (χ3v) is 2.27. The fourth-order valence-electron chi connectivity index (χ4n) is 0.925. The Hall–Kier alpha value is -0.360. The number of carbonyl (C=O) groups is 1. The Labute approximate surface area is 103 Å². The molecular formula is C10H23ClN2O3. The van der Waals surface area contributed by atoms with E-state index in [1.54, 1.807) is 14.2 Å². The molecule has 0 rings (SSSR count). The summed E-state index contributed by atoms with van der Waals surface area (Å²) in [5.74, 6) is -0.0718. The van der Waals surface area contributed by atoms with Crippen LogP contribution in [0.1, 0.15) is 20.3 Å². The first kappa shape index (κ1) is 18.0. The molecule has 0 saturated carbocycles. The first-order chi connectivity index (χ1) is 6.95. The monoisotopic (exact) mass is 254 g/mol. The van der Waals surface area contributed by atoms with Crippen LogP contribution >= 0.6 is 12.4 Å². The van der Waals surface area contributed by atoms with Crippen molar-refractivity contribution in [3.8, 4) is 0 Å². The Balaban J connectivity index is 0. The molecule has 1 amide bonds. The van der Waals surface area contributed by atoms with Crippen LogP contribution in [0.25, 0.3) is 0 Å². The summed E-state index contributed by atoms with van der Waals surface area (Å²) >= 11 is 0. The number of hydrogen-bond acceptors (Lipinski definition) is 4. The predicted molar refractivity (Wildman–Crippen MR) is 65.8 cm³/mol. The van der Waals surface area contributed by atoms with E-state index in [-0.39, 0.29) is 36.4 Å². The van der Waals surface area contributed by atoms with E-state index in [4.69, 9.17) is 15.2 Å². The van der Waals surface area contributed by atoms with Crippen molar-refractivity contribution in [1.29, 1.82) is 0 Å². The Kier molecular flexibility index (Phi) is 9.86. The Morgan fingerprint density at radius 1 is 1.44 bits per heavy atom. The van der Waals surface area contributed by atoms with Gasteiger partial charge < -0.3 is 20.5 Å². The summed E-state index contributed by atoms with van der Waals surface area (Å²) in [5.41, 5.74) is 5.06. The van der Waals surface area contributed by atoms with E-state index in [9.17, 15) is 4.79 Å². The van der Waals surface area contributed by atoms with Crippen LogP contribution in [0.15, 0.2) is 0 Å². The van der Waals surface area contributed by atoms with E-state index in [0.29, 0.717) is 13.1 Å². The number of hydrogen-bond donors (Lipinski definition) is 2. The molecule has 0 fully saturated rings. The highest BCUT2D eigenvalue weighted by atomic mass is 35.5. The van der Waals surface area contributed by atoms with Crippen LogP contribution in [-0.4, -0.2) is 44.9 Å². The van der Waals surface area contributed by atoms with E-state index < -0.39 is 0 Å². The van der Waals surface area contributed by atoms with Crippen LogP contribution in [0.2, 0.25) is 0 Å². The Morgan fingerprint density at radius 2 is 2.00 bits per heavy atom. The average Bonchev–Trinajstić information content (AvgIpc) is 2.23. The zero-order valence-electron chi connectivity index (χ0n) is 10.4. The molecule has 3 N–H and O–H groups in total. The van der Waals surface area contributed by atoms with Crippen LogP contribution < -0.4 is 11.1 Å². The number of halogens is 1. The van der Waals surface area contributed by atoms with Gasteiger partial charge in [0.05, 0.1) is 18.1 Å². The maximum Gasteiger partial charge on any atom is 0.222 e. The third kappa shape index (κ3) is 7.87. The molecule has 6 heteroatoms. The highest BCUT2D eigenvalue weighted by molar-refractivity contribution is 5.85. The molecule has 98 valence electrons. The predicted octanol–water partition coefficient (Wildman–Crippen LogP) is 0.313. The second kappa shape index (κ2) is 8.75. The molecule has 0 spiro atoms. The highest BCUT2D eigenvalue weighted by Crippen LogP contribution is 2.05. The fourth-order valence-corrected chi connectivity index (χ4v) is 0.925. The maximum absolute atomic E-state index is 11.4. The SMILES string of the molecule is COC(CN)CC(=O)NCC(C)(C)OC.Cl. The molecular weight excluding hydrogens is 232 g/mol. The first-order valence-corrected chi connectivity index (χ1v) is 5.00. The van der Waals surface area contributed by atoms with E-state index in [0.717, 1.165) is 0 Å². The zero-order valence-corrected chi connectivity index (χ0v) is 11.2. The van der Waals surface area contributed by atoms with Gasteiger partial charge >= 0.3 is 0 Å². The van der Waals surface area contributed by atoms with Gasteiger partial charge in [0.1, 0.15) is 0 Å². The summed E-state index contributed by atoms with van der Waals surface area (Å²) in [4.78, 5) is 11.4. The van der Waals surface area contributed by atoms with Crippen molar-refractivity contribution >= 4 is 18.3 Å². The molecule has 0 aliphatic carbocycles. The molecule has 0 aliphatic heterocycles. The number of carbonyl (C=O) groups excluding carboxylic acids is 1. The molecule has 0 heterocycles. The molecule has 0 aromatic carbocycles. The van der Waals surface area contributed by atoms with Crippen molar-refractivity contribution in [2.45, 2.75) is 32.0 Å². The van der Waals surface area contributed by atoms with Crippen LogP contribution in [-0.2, 0) is 14.3 Å². The summed E-state index contributed by atoms with van der Waals surface area (Å²) in [6, 6.07) is 0.